The topological polar surface area (TPSA) is 80.4 Å². The van der Waals surface area contributed by atoms with Gasteiger partial charge in [-0.05, 0) is 36.2 Å². The maximum Gasteiger partial charge on any atom is 0.254 e. The number of primary amides is 1. The Morgan fingerprint density at radius 3 is 2.19 bits per heavy atom. The first-order valence-electron chi connectivity index (χ1n) is 8.56. The van der Waals surface area contributed by atoms with E-state index in [0.29, 0.717) is 20.9 Å². The standard InChI is InChI=1S/C22H21NO3S/c1-16-11-13-19(14-12-16)27(26)20-10-6-5-7-17(20)15-22(25,21(23)24)18-8-3-2-4-9-18/h2-14,25H,15H2,1H3,(H2,23,24)/t22-,27?/m1/s1. The van der Waals surface area contributed by atoms with Gasteiger partial charge in [-0.25, -0.2) is 4.21 Å². The Bertz CT molecular complexity index is 970. The molecule has 27 heavy (non-hydrogen) atoms. The molecular weight excluding hydrogens is 358 g/mol. The molecule has 0 saturated heterocycles. The van der Waals surface area contributed by atoms with Crippen molar-refractivity contribution in [2.45, 2.75) is 28.7 Å². The van der Waals surface area contributed by atoms with Crippen molar-refractivity contribution in [3.8, 4) is 0 Å². The van der Waals surface area contributed by atoms with Crippen LogP contribution < -0.4 is 5.73 Å². The quantitative estimate of drug-likeness (QED) is 0.691. The molecule has 0 bridgehead atoms. The molecule has 0 saturated carbocycles. The molecule has 0 radical (unpaired) electrons. The van der Waals surface area contributed by atoms with Crippen LogP contribution in [0.4, 0.5) is 0 Å². The molecule has 3 aromatic rings. The number of aryl methyl sites for hydroxylation is 1. The van der Waals surface area contributed by atoms with Gasteiger partial charge in [0.05, 0.1) is 10.8 Å². The van der Waals surface area contributed by atoms with Gasteiger partial charge in [0, 0.05) is 16.2 Å². The highest BCUT2D eigenvalue weighted by atomic mass is 32.2. The molecule has 138 valence electrons. The minimum Gasteiger partial charge on any atom is -0.375 e. The molecule has 1 unspecified atom stereocenters. The van der Waals surface area contributed by atoms with Gasteiger partial charge in [0.15, 0.2) is 5.60 Å². The maximum absolute atomic E-state index is 13.1. The molecule has 5 heteroatoms. The van der Waals surface area contributed by atoms with Gasteiger partial charge < -0.3 is 10.8 Å². The van der Waals surface area contributed by atoms with E-state index in [9.17, 15) is 14.1 Å². The van der Waals surface area contributed by atoms with Crippen LogP contribution in [0, 0.1) is 6.92 Å². The van der Waals surface area contributed by atoms with Crippen LogP contribution in [0.1, 0.15) is 16.7 Å². The van der Waals surface area contributed by atoms with Crippen molar-refractivity contribution in [1.29, 1.82) is 0 Å². The van der Waals surface area contributed by atoms with Crippen LogP contribution in [0.2, 0.25) is 0 Å². The Morgan fingerprint density at radius 1 is 0.963 bits per heavy atom. The second-order valence-corrected chi connectivity index (χ2v) is 7.91. The van der Waals surface area contributed by atoms with E-state index in [1.54, 1.807) is 54.6 Å². The summed E-state index contributed by atoms with van der Waals surface area (Å²) in [5, 5.41) is 11.1. The molecule has 3 rings (SSSR count). The molecule has 3 N–H and O–H groups in total. The van der Waals surface area contributed by atoms with Gasteiger partial charge in [0.1, 0.15) is 0 Å². The molecule has 0 heterocycles. The largest absolute Gasteiger partial charge is 0.375 e. The Morgan fingerprint density at radius 2 is 1.56 bits per heavy atom. The van der Waals surface area contributed by atoms with E-state index in [2.05, 4.69) is 0 Å². The van der Waals surface area contributed by atoms with Crippen LogP contribution in [-0.4, -0.2) is 15.2 Å². The summed E-state index contributed by atoms with van der Waals surface area (Å²) in [6.45, 7) is 1.97. The summed E-state index contributed by atoms with van der Waals surface area (Å²) in [6.07, 6.45) is -0.0554. The van der Waals surface area contributed by atoms with Gasteiger partial charge >= 0.3 is 0 Å². The predicted octanol–water partition coefficient (Wildman–Crippen LogP) is 3.08. The lowest BCUT2D eigenvalue weighted by Crippen LogP contribution is -2.43. The minimum absolute atomic E-state index is 0.0554. The summed E-state index contributed by atoms with van der Waals surface area (Å²) in [6, 6.07) is 23.1. The SMILES string of the molecule is Cc1ccc(S(=O)c2ccccc2C[C@](O)(C(N)=O)c2ccccc2)cc1. The van der Waals surface area contributed by atoms with Crippen molar-refractivity contribution >= 4 is 16.7 Å². The van der Waals surface area contributed by atoms with Crippen LogP contribution in [0.15, 0.2) is 88.7 Å². The molecule has 2 atom stereocenters. The predicted molar refractivity (Wildman–Crippen MR) is 106 cm³/mol. The first kappa shape index (κ1) is 19.0. The Labute approximate surface area is 161 Å². The number of rotatable bonds is 6. The normalized spacial score (nSPS) is 14.3. The Balaban J connectivity index is 2.01. The average Bonchev–Trinajstić information content (AvgIpc) is 2.69. The van der Waals surface area contributed by atoms with Gasteiger partial charge in [0.25, 0.3) is 5.91 Å². The van der Waals surface area contributed by atoms with Crippen molar-refractivity contribution in [1.82, 2.24) is 0 Å². The summed E-state index contributed by atoms with van der Waals surface area (Å²) in [7, 11) is -1.43. The number of carbonyl (C=O) groups excluding carboxylic acids is 1. The van der Waals surface area contributed by atoms with E-state index in [0.717, 1.165) is 5.56 Å². The number of amides is 1. The molecule has 1 amide bonds. The highest BCUT2D eigenvalue weighted by molar-refractivity contribution is 7.85. The van der Waals surface area contributed by atoms with Crippen LogP contribution in [0.3, 0.4) is 0 Å². The first-order chi connectivity index (χ1) is 12.9. The van der Waals surface area contributed by atoms with Crippen molar-refractivity contribution in [2.75, 3.05) is 0 Å². The van der Waals surface area contributed by atoms with Crippen LogP contribution in [-0.2, 0) is 27.6 Å². The van der Waals surface area contributed by atoms with Crippen molar-refractivity contribution < 1.29 is 14.1 Å². The summed E-state index contributed by atoms with van der Waals surface area (Å²) < 4.78 is 13.1. The molecule has 0 aliphatic rings. The maximum atomic E-state index is 13.1. The average molecular weight is 379 g/mol. The number of hydrogen-bond donors (Lipinski definition) is 2. The van der Waals surface area contributed by atoms with E-state index in [1.807, 2.05) is 31.2 Å². The second kappa shape index (κ2) is 7.86. The molecule has 0 aromatic heterocycles. The third-order valence-electron chi connectivity index (χ3n) is 4.51. The number of aliphatic hydroxyl groups is 1. The lowest BCUT2D eigenvalue weighted by Gasteiger charge is -2.26. The highest BCUT2D eigenvalue weighted by Gasteiger charge is 2.37. The van der Waals surface area contributed by atoms with Gasteiger partial charge in [-0.15, -0.1) is 0 Å². The third-order valence-corrected chi connectivity index (χ3v) is 6.01. The Hall–Kier alpha value is -2.76. The zero-order valence-electron chi connectivity index (χ0n) is 15.0. The molecular formula is C22H21NO3S. The molecule has 3 aromatic carbocycles. The van der Waals surface area contributed by atoms with Crippen LogP contribution in [0.25, 0.3) is 0 Å². The van der Waals surface area contributed by atoms with Crippen LogP contribution in [0.5, 0.6) is 0 Å². The van der Waals surface area contributed by atoms with E-state index in [4.69, 9.17) is 5.73 Å². The molecule has 0 spiro atoms. The number of hydrogen-bond acceptors (Lipinski definition) is 3. The molecule has 0 fully saturated rings. The minimum atomic E-state index is -1.88. The van der Waals surface area contributed by atoms with Crippen LogP contribution >= 0.6 is 0 Å². The van der Waals surface area contributed by atoms with Crippen molar-refractivity contribution in [3.05, 3.63) is 95.6 Å². The van der Waals surface area contributed by atoms with Gasteiger partial charge in [-0.1, -0.05) is 66.2 Å². The van der Waals surface area contributed by atoms with Crippen molar-refractivity contribution in [2.24, 2.45) is 5.73 Å². The zero-order valence-corrected chi connectivity index (χ0v) is 15.8. The number of benzene rings is 3. The fourth-order valence-corrected chi connectivity index (χ4v) is 4.16. The highest BCUT2D eigenvalue weighted by Crippen LogP contribution is 2.29. The Kier molecular flexibility index (Phi) is 5.54. The third kappa shape index (κ3) is 3.99. The summed E-state index contributed by atoms with van der Waals surface area (Å²) >= 11 is 0. The van der Waals surface area contributed by atoms with Crippen molar-refractivity contribution in [3.63, 3.8) is 0 Å². The summed E-state index contributed by atoms with van der Waals surface area (Å²) in [4.78, 5) is 13.3. The monoisotopic (exact) mass is 379 g/mol. The lowest BCUT2D eigenvalue weighted by atomic mass is 9.86. The van der Waals surface area contributed by atoms with E-state index >= 15 is 0 Å². The van der Waals surface area contributed by atoms with E-state index < -0.39 is 22.3 Å². The van der Waals surface area contributed by atoms with Gasteiger partial charge in [-0.3, -0.25) is 4.79 Å². The van der Waals surface area contributed by atoms with Gasteiger partial charge in [-0.2, -0.15) is 0 Å². The fraction of sp³-hybridized carbons (Fsp3) is 0.136. The van der Waals surface area contributed by atoms with E-state index in [-0.39, 0.29) is 6.42 Å². The second-order valence-electron chi connectivity index (χ2n) is 6.46. The molecule has 0 aliphatic carbocycles. The molecule has 0 aliphatic heterocycles. The number of carbonyl (C=O) groups is 1. The summed E-state index contributed by atoms with van der Waals surface area (Å²) in [5.41, 5.74) is 5.76. The van der Waals surface area contributed by atoms with Gasteiger partial charge in [0.2, 0.25) is 0 Å². The smallest absolute Gasteiger partial charge is 0.254 e. The fourth-order valence-electron chi connectivity index (χ4n) is 2.94. The zero-order chi connectivity index (χ0) is 19.4. The summed E-state index contributed by atoms with van der Waals surface area (Å²) in [5.74, 6) is -0.843. The number of nitrogens with two attached hydrogens (primary N) is 1. The molecule has 4 nitrogen and oxygen atoms in total. The van der Waals surface area contributed by atoms with E-state index in [1.165, 1.54) is 0 Å². The lowest BCUT2D eigenvalue weighted by molar-refractivity contribution is -0.137. The first-order valence-corrected chi connectivity index (χ1v) is 9.71.